The standard InChI is InChI=1S/C16H23N3O3S/c1-4-12-9-22-16(21)19(12)13-5-7-18(8-6-13)15(20)14-10(2)17-11(3)23-14/h12-13H,4-9H2,1-3H3. The summed E-state index contributed by atoms with van der Waals surface area (Å²) >= 11 is 1.46. The molecule has 126 valence electrons. The maximum atomic E-state index is 12.6. The number of hydrogen-bond acceptors (Lipinski definition) is 5. The Bertz CT molecular complexity index is 608. The van der Waals surface area contributed by atoms with Gasteiger partial charge >= 0.3 is 6.09 Å². The van der Waals surface area contributed by atoms with E-state index in [1.54, 1.807) is 0 Å². The van der Waals surface area contributed by atoms with Gasteiger partial charge in [-0.3, -0.25) is 9.69 Å². The highest BCUT2D eigenvalue weighted by Crippen LogP contribution is 2.27. The van der Waals surface area contributed by atoms with Gasteiger partial charge in [-0.25, -0.2) is 9.78 Å². The smallest absolute Gasteiger partial charge is 0.410 e. The highest BCUT2D eigenvalue weighted by atomic mass is 32.1. The first-order valence-corrected chi connectivity index (χ1v) is 9.01. The first-order valence-electron chi connectivity index (χ1n) is 8.19. The van der Waals surface area contributed by atoms with Crippen molar-refractivity contribution in [2.45, 2.75) is 52.1 Å². The number of carbonyl (C=O) groups is 2. The highest BCUT2D eigenvalue weighted by molar-refractivity contribution is 7.13. The monoisotopic (exact) mass is 337 g/mol. The number of amides is 2. The third kappa shape index (κ3) is 3.06. The molecule has 6 nitrogen and oxygen atoms in total. The number of carbonyl (C=O) groups excluding carboxylic acids is 2. The maximum Gasteiger partial charge on any atom is 0.410 e. The topological polar surface area (TPSA) is 62.7 Å². The van der Waals surface area contributed by atoms with Gasteiger partial charge in [-0.15, -0.1) is 11.3 Å². The Hall–Kier alpha value is -1.63. The van der Waals surface area contributed by atoms with Crippen molar-refractivity contribution in [3.8, 4) is 0 Å². The van der Waals surface area contributed by atoms with Crippen LogP contribution in [0, 0.1) is 13.8 Å². The van der Waals surface area contributed by atoms with Gasteiger partial charge in [-0.2, -0.15) is 0 Å². The number of aromatic nitrogens is 1. The number of thiazole rings is 1. The predicted molar refractivity (Wildman–Crippen MR) is 87.8 cm³/mol. The highest BCUT2D eigenvalue weighted by Gasteiger charge is 2.39. The van der Waals surface area contributed by atoms with Crippen molar-refractivity contribution in [3.05, 3.63) is 15.6 Å². The third-order valence-electron chi connectivity index (χ3n) is 4.72. The number of ether oxygens (including phenoxy) is 1. The molecule has 2 saturated heterocycles. The molecule has 0 bridgehead atoms. The summed E-state index contributed by atoms with van der Waals surface area (Å²) in [4.78, 5) is 33.4. The van der Waals surface area contributed by atoms with E-state index in [1.807, 2.05) is 23.6 Å². The van der Waals surface area contributed by atoms with Gasteiger partial charge in [0.15, 0.2) is 0 Å². The lowest BCUT2D eigenvalue weighted by Crippen LogP contribution is -2.49. The van der Waals surface area contributed by atoms with E-state index < -0.39 is 0 Å². The lowest BCUT2D eigenvalue weighted by atomic mass is 10.0. The largest absolute Gasteiger partial charge is 0.447 e. The first kappa shape index (κ1) is 16.2. The molecular weight excluding hydrogens is 314 g/mol. The normalized spacial score (nSPS) is 22.6. The molecule has 0 radical (unpaired) electrons. The fourth-order valence-electron chi connectivity index (χ4n) is 3.45. The molecule has 2 aliphatic heterocycles. The zero-order chi connectivity index (χ0) is 16.6. The van der Waals surface area contributed by atoms with Crippen LogP contribution in [-0.4, -0.2) is 58.6 Å². The number of hydrogen-bond donors (Lipinski definition) is 0. The van der Waals surface area contributed by atoms with Crippen molar-refractivity contribution in [2.24, 2.45) is 0 Å². The van der Waals surface area contributed by atoms with Crippen molar-refractivity contribution in [1.82, 2.24) is 14.8 Å². The van der Waals surface area contributed by atoms with E-state index in [2.05, 4.69) is 11.9 Å². The van der Waals surface area contributed by atoms with Crippen LogP contribution in [0.25, 0.3) is 0 Å². The van der Waals surface area contributed by atoms with Crippen molar-refractivity contribution in [3.63, 3.8) is 0 Å². The fraction of sp³-hybridized carbons (Fsp3) is 0.688. The quantitative estimate of drug-likeness (QED) is 0.850. The fourth-order valence-corrected chi connectivity index (χ4v) is 4.34. The second-order valence-corrected chi connectivity index (χ2v) is 7.42. The van der Waals surface area contributed by atoms with Crippen LogP contribution in [-0.2, 0) is 4.74 Å². The summed E-state index contributed by atoms with van der Waals surface area (Å²) < 4.78 is 5.18. The zero-order valence-electron chi connectivity index (χ0n) is 13.9. The van der Waals surface area contributed by atoms with Crippen LogP contribution >= 0.6 is 11.3 Å². The summed E-state index contributed by atoms with van der Waals surface area (Å²) in [5.74, 6) is 0.0718. The van der Waals surface area contributed by atoms with E-state index in [1.165, 1.54) is 11.3 Å². The van der Waals surface area contributed by atoms with E-state index in [0.717, 1.165) is 34.8 Å². The summed E-state index contributed by atoms with van der Waals surface area (Å²) in [5, 5.41) is 0.923. The van der Waals surface area contributed by atoms with Crippen LogP contribution in [0.2, 0.25) is 0 Å². The lowest BCUT2D eigenvalue weighted by molar-refractivity contribution is 0.0639. The SMILES string of the molecule is CCC1COC(=O)N1C1CCN(C(=O)c2sc(C)nc2C)CC1. The van der Waals surface area contributed by atoms with Gasteiger partial charge in [-0.1, -0.05) is 6.92 Å². The van der Waals surface area contributed by atoms with Crippen LogP contribution in [0.1, 0.15) is 46.6 Å². The molecule has 7 heteroatoms. The number of rotatable bonds is 3. The van der Waals surface area contributed by atoms with Crippen LogP contribution in [0.4, 0.5) is 4.79 Å². The molecule has 0 saturated carbocycles. The van der Waals surface area contributed by atoms with Crippen molar-refractivity contribution in [2.75, 3.05) is 19.7 Å². The minimum absolute atomic E-state index is 0.0718. The molecular formula is C16H23N3O3S. The Morgan fingerprint density at radius 2 is 2.04 bits per heavy atom. The van der Waals surface area contributed by atoms with E-state index in [9.17, 15) is 9.59 Å². The van der Waals surface area contributed by atoms with Crippen LogP contribution in [0.15, 0.2) is 0 Å². The van der Waals surface area contributed by atoms with E-state index in [-0.39, 0.29) is 24.1 Å². The Morgan fingerprint density at radius 3 is 2.61 bits per heavy atom. The number of likely N-dealkylation sites (tertiary alicyclic amines) is 1. The number of cyclic esters (lactones) is 1. The summed E-state index contributed by atoms with van der Waals surface area (Å²) in [7, 11) is 0. The predicted octanol–water partition coefficient (Wildman–Crippen LogP) is 2.60. The van der Waals surface area contributed by atoms with Crippen molar-refractivity contribution < 1.29 is 14.3 Å². The van der Waals surface area contributed by atoms with Gasteiger partial charge in [0, 0.05) is 19.1 Å². The average molecular weight is 337 g/mol. The second-order valence-electron chi connectivity index (χ2n) is 6.22. The summed E-state index contributed by atoms with van der Waals surface area (Å²) in [6.45, 7) is 7.74. The zero-order valence-corrected chi connectivity index (χ0v) is 14.7. The van der Waals surface area contributed by atoms with Crippen LogP contribution in [0.3, 0.4) is 0 Å². The molecule has 1 unspecified atom stereocenters. The van der Waals surface area contributed by atoms with E-state index in [4.69, 9.17) is 4.74 Å². The molecule has 0 aliphatic carbocycles. The molecule has 0 spiro atoms. The number of nitrogens with zero attached hydrogens (tertiary/aromatic N) is 3. The van der Waals surface area contributed by atoms with Gasteiger partial charge in [-0.05, 0) is 33.1 Å². The van der Waals surface area contributed by atoms with Crippen molar-refractivity contribution in [1.29, 1.82) is 0 Å². The van der Waals surface area contributed by atoms with E-state index in [0.29, 0.717) is 19.7 Å². The van der Waals surface area contributed by atoms with Crippen molar-refractivity contribution >= 4 is 23.3 Å². The molecule has 3 rings (SSSR count). The molecule has 23 heavy (non-hydrogen) atoms. The Kier molecular flexibility index (Phi) is 4.57. The Morgan fingerprint density at radius 1 is 1.35 bits per heavy atom. The molecule has 0 N–H and O–H groups in total. The molecule has 2 amide bonds. The second kappa shape index (κ2) is 6.47. The third-order valence-corrected chi connectivity index (χ3v) is 5.78. The summed E-state index contributed by atoms with van der Waals surface area (Å²) in [5.41, 5.74) is 0.814. The molecule has 3 heterocycles. The summed E-state index contributed by atoms with van der Waals surface area (Å²) in [6.07, 6.45) is 2.34. The minimum Gasteiger partial charge on any atom is -0.447 e. The minimum atomic E-state index is -0.199. The molecule has 1 aromatic rings. The molecule has 2 aliphatic rings. The van der Waals surface area contributed by atoms with Gasteiger partial charge in [0.05, 0.1) is 16.7 Å². The maximum absolute atomic E-state index is 12.6. The van der Waals surface area contributed by atoms with Gasteiger partial charge < -0.3 is 9.64 Å². The van der Waals surface area contributed by atoms with Gasteiger partial charge in [0.2, 0.25) is 0 Å². The van der Waals surface area contributed by atoms with Crippen LogP contribution in [0.5, 0.6) is 0 Å². The molecule has 1 aromatic heterocycles. The number of aryl methyl sites for hydroxylation is 2. The molecule has 0 aromatic carbocycles. The average Bonchev–Trinajstić information content (AvgIpc) is 3.08. The van der Waals surface area contributed by atoms with Gasteiger partial charge in [0.1, 0.15) is 11.5 Å². The summed E-state index contributed by atoms with van der Waals surface area (Å²) in [6, 6.07) is 0.365. The first-order chi connectivity index (χ1) is 11.0. The van der Waals surface area contributed by atoms with Gasteiger partial charge in [0.25, 0.3) is 5.91 Å². The molecule has 2 fully saturated rings. The van der Waals surface area contributed by atoms with E-state index >= 15 is 0 Å². The lowest BCUT2D eigenvalue weighted by Gasteiger charge is -2.37. The Labute approximate surface area is 140 Å². The molecule has 1 atom stereocenters. The van der Waals surface area contributed by atoms with Crippen LogP contribution < -0.4 is 0 Å². The Balaban J connectivity index is 1.63. The number of piperidine rings is 1.